The van der Waals surface area contributed by atoms with E-state index in [9.17, 15) is 0 Å². The van der Waals surface area contributed by atoms with E-state index < -0.39 is 0 Å². The van der Waals surface area contributed by atoms with Crippen molar-refractivity contribution in [3.05, 3.63) is 83.9 Å². The van der Waals surface area contributed by atoms with Crippen molar-refractivity contribution >= 4 is 12.2 Å². The first-order valence-electron chi connectivity index (χ1n) is 11.2. The highest BCUT2D eigenvalue weighted by molar-refractivity contribution is 5.49. The molecule has 4 unspecified atom stereocenters. The van der Waals surface area contributed by atoms with Gasteiger partial charge in [-0.05, 0) is 54.1 Å². The standard InChI is InChI=1S/C28H36/c1-23-13-9-10-21-27(24(2)14-11-19-25-15-5-3-6-16-25)28(23)22-12-20-26-17-7-4-8-18-26/h3-8,11-12,15-20,23-24,27-28H,9-10,13-14,21-22H2,1-2H3/b19-11+,20-12+. The van der Waals surface area contributed by atoms with E-state index in [1.54, 1.807) is 0 Å². The van der Waals surface area contributed by atoms with Crippen LogP contribution in [-0.4, -0.2) is 0 Å². The molecule has 0 heteroatoms. The van der Waals surface area contributed by atoms with Crippen LogP contribution in [0.2, 0.25) is 0 Å². The predicted octanol–water partition coefficient (Wildman–Crippen LogP) is 8.27. The summed E-state index contributed by atoms with van der Waals surface area (Å²) >= 11 is 0. The molecule has 0 saturated heterocycles. The molecule has 0 N–H and O–H groups in total. The van der Waals surface area contributed by atoms with E-state index in [-0.39, 0.29) is 0 Å². The largest absolute Gasteiger partial charge is 0.0837 e. The van der Waals surface area contributed by atoms with E-state index in [1.165, 1.54) is 49.7 Å². The summed E-state index contributed by atoms with van der Waals surface area (Å²) in [5, 5.41) is 0. The molecule has 0 spiro atoms. The normalized spacial score (nSPS) is 24.4. The van der Waals surface area contributed by atoms with Crippen LogP contribution in [0.5, 0.6) is 0 Å². The first-order valence-corrected chi connectivity index (χ1v) is 11.2. The molecule has 0 bridgehead atoms. The van der Waals surface area contributed by atoms with Gasteiger partial charge in [0.05, 0.1) is 0 Å². The van der Waals surface area contributed by atoms with E-state index in [0.29, 0.717) is 0 Å². The second-order valence-corrected chi connectivity index (χ2v) is 8.66. The molecule has 0 aliphatic heterocycles. The van der Waals surface area contributed by atoms with Gasteiger partial charge in [0.25, 0.3) is 0 Å². The zero-order valence-electron chi connectivity index (χ0n) is 17.6. The van der Waals surface area contributed by atoms with E-state index >= 15 is 0 Å². The lowest BCUT2D eigenvalue weighted by Gasteiger charge is -2.33. The van der Waals surface area contributed by atoms with E-state index in [0.717, 1.165) is 23.7 Å². The predicted molar refractivity (Wildman–Crippen MR) is 124 cm³/mol. The molecule has 3 rings (SSSR count). The van der Waals surface area contributed by atoms with Gasteiger partial charge in [0, 0.05) is 0 Å². The average Bonchev–Trinajstić information content (AvgIpc) is 2.91. The Kier molecular flexibility index (Phi) is 8.15. The summed E-state index contributed by atoms with van der Waals surface area (Å²) in [5.74, 6) is 3.21. The highest BCUT2D eigenvalue weighted by Gasteiger charge is 2.31. The van der Waals surface area contributed by atoms with Crippen molar-refractivity contribution in [1.82, 2.24) is 0 Å². The molecule has 0 aromatic heterocycles. The van der Waals surface area contributed by atoms with Gasteiger partial charge in [-0.25, -0.2) is 0 Å². The SMILES string of the molecule is CC1CCCCC(C(C)C/C=C/c2ccccc2)C1C/C=C/c1ccccc1. The van der Waals surface area contributed by atoms with Crippen molar-refractivity contribution in [2.24, 2.45) is 23.7 Å². The molecule has 2 aromatic carbocycles. The van der Waals surface area contributed by atoms with Gasteiger partial charge < -0.3 is 0 Å². The Morgan fingerprint density at radius 2 is 1.39 bits per heavy atom. The minimum atomic E-state index is 0.746. The number of hydrogen-bond donors (Lipinski definition) is 0. The molecule has 4 atom stereocenters. The quantitative estimate of drug-likeness (QED) is 0.429. The second-order valence-electron chi connectivity index (χ2n) is 8.66. The molecule has 2 aromatic rings. The average molecular weight is 373 g/mol. The molecule has 0 heterocycles. The van der Waals surface area contributed by atoms with Crippen LogP contribution in [-0.2, 0) is 0 Å². The summed E-state index contributed by atoms with van der Waals surface area (Å²) in [4.78, 5) is 0. The lowest BCUT2D eigenvalue weighted by molar-refractivity contribution is 0.182. The second kappa shape index (κ2) is 11.1. The van der Waals surface area contributed by atoms with Gasteiger partial charge in [-0.15, -0.1) is 0 Å². The van der Waals surface area contributed by atoms with Crippen LogP contribution in [0.4, 0.5) is 0 Å². The van der Waals surface area contributed by atoms with Crippen LogP contribution in [0.3, 0.4) is 0 Å². The Morgan fingerprint density at radius 3 is 2.04 bits per heavy atom. The number of allylic oxidation sites excluding steroid dienone is 2. The maximum Gasteiger partial charge on any atom is -0.0260 e. The molecule has 0 radical (unpaired) electrons. The van der Waals surface area contributed by atoms with Crippen molar-refractivity contribution in [1.29, 1.82) is 0 Å². The summed E-state index contributed by atoms with van der Waals surface area (Å²) in [6, 6.07) is 21.4. The van der Waals surface area contributed by atoms with Crippen molar-refractivity contribution in [3.8, 4) is 0 Å². The summed E-state index contributed by atoms with van der Waals surface area (Å²) in [7, 11) is 0. The number of hydrogen-bond acceptors (Lipinski definition) is 0. The molecule has 148 valence electrons. The van der Waals surface area contributed by atoms with Gasteiger partial charge in [0.15, 0.2) is 0 Å². The molecule has 1 aliphatic rings. The molecular weight excluding hydrogens is 336 g/mol. The third-order valence-corrected chi connectivity index (χ3v) is 6.59. The Bertz CT molecular complexity index is 725. The van der Waals surface area contributed by atoms with Crippen LogP contribution < -0.4 is 0 Å². The first kappa shape index (κ1) is 20.6. The van der Waals surface area contributed by atoms with Crippen LogP contribution in [0, 0.1) is 23.7 Å². The Balaban J connectivity index is 1.63. The maximum atomic E-state index is 2.49. The van der Waals surface area contributed by atoms with Crippen LogP contribution in [0.1, 0.15) is 63.5 Å². The maximum absolute atomic E-state index is 2.49. The smallest absolute Gasteiger partial charge is 0.0260 e. The van der Waals surface area contributed by atoms with E-state index in [4.69, 9.17) is 0 Å². The summed E-state index contributed by atoms with van der Waals surface area (Å²) in [6.45, 7) is 4.97. The summed E-state index contributed by atoms with van der Waals surface area (Å²) in [6.07, 6.45) is 17.4. The zero-order valence-corrected chi connectivity index (χ0v) is 17.6. The minimum absolute atomic E-state index is 0.746. The van der Waals surface area contributed by atoms with Gasteiger partial charge in [-0.2, -0.15) is 0 Å². The molecular formula is C28H36. The zero-order chi connectivity index (χ0) is 19.6. The molecule has 1 fully saturated rings. The molecule has 0 amide bonds. The molecule has 28 heavy (non-hydrogen) atoms. The van der Waals surface area contributed by atoms with Crippen LogP contribution in [0.25, 0.3) is 12.2 Å². The Hall–Kier alpha value is -2.08. The van der Waals surface area contributed by atoms with Gasteiger partial charge in [0.2, 0.25) is 0 Å². The molecule has 1 aliphatic carbocycles. The highest BCUT2D eigenvalue weighted by atomic mass is 14.4. The van der Waals surface area contributed by atoms with Gasteiger partial charge in [-0.1, -0.05) is 118 Å². The van der Waals surface area contributed by atoms with Gasteiger partial charge >= 0.3 is 0 Å². The number of benzene rings is 2. The fraction of sp³-hybridized carbons (Fsp3) is 0.429. The lowest BCUT2D eigenvalue weighted by atomic mass is 9.72. The fourth-order valence-electron chi connectivity index (χ4n) is 4.89. The van der Waals surface area contributed by atoms with Crippen molar-refractivity contribution in [2.75, 3.05) is 0 Å². The summed E-state index contributed by atoms with van der Waals surface area (Å²) < 4.78 is 0. The van der Waals surface area contributed by atoms with Crippen LogP contribution >= 0.6 is 0 Å². The highest BCUT2D eigenvalue weighted by Crippen LogP contribution is 2.41. The van der Waals surface area contributed by atoms with Crippen molar-refractivity contribution < 1.29 is 0 Å². The van der Waals surface area contributed by atoms with Crippen molar-refractivity contribution in [3.63, 3.8) is 0 Å². The Morgan fingerprint density at radius 1 is 0.821 bits per heavy atom. The monoisotopic (exact) mass is 372 g/mol. The fourth-order valence-corrected chi connectivity index (χ4v) is 4.89. The van der Waals surface area contributed by atoms with Gasteiger partial charge in [0.1, 0.15) is 0 Å². The van der Waals surface area contributed by atoms with Crippen LogP contribution in [0.15, 0.2) is 72.8 Å². The lowest BCUT2D eigenvalue weighted by Crippen LogP contribution is -2.25. The van der Waals surface area contributed by atoms with Gasteiger partial charge in [-0.3, -0.25) is 0 Å². The Labute approximate surface area is 172 Å². The third-order valence-electron chi connectivity index (χ3n) is 6.59. The van der Waals surface area contributed by atoms with E-state index in [1.807, 2.05) is 0 Å². The van der Waals surface area contributed by atoms with Crippen molar-refractivity contribution in [2.45, 2.75) is 52.4 Å². The third kappa shape index (κ3) is 6.23. The topological polar surface area (TPSA) is 0 Å². The molecule has 0 nitrogen and oxygen atoms in total. The molecule has 1 saturated carbocycles. The minimum Gasteiger partial charge on any atom is -0.0837 e. The summed E-state index contributed by atoms with van der Waals surface area (Å²) in [5.41, 5.74) is 2.63. The first-order chi connectivity index (χ1) is 13.7. The van der Waals surface area contributed by atoms with E-state index in [2.05, 4.69) is 98.8 Å². The number of rotatable bonds is 7.